The lowest BCUT2D eigenvalue weighted by molar-refractivity contribution is 0.0993. The van der Waals surface area contributed by atoms with E-state index < -0.39 is 6.17 Å². The zero-order valence-corrected chi connectivity index (χ0v) is 15.6. The van der Waals surface area contributed by atoms with Crippen molar-refractivity contribution in [2.75, 3.05) is 17.3 Å². The van der Waals surface area contributed by atoms with Gasteiger partial charge in [-0.2, -0.15) is 0 Å². The maximum atomic E-state index is 13.1. The fourth-order valence-corrected chi connectivity index (χ4v) is 3.37. The van der Waals surface area contributed by atoms with E-state index in [9.17, 15) is 4.79 Å². The summed E-state index contributed by atoms with van der Waals surface area (Å²) in [5.74, 6) is 0.660. The van der Waals surface area contributed by atoms with E-state index in [0.29, 0.717) is 11.3 Å². The van der Waals surface area contributed by atoms with E-state index >= 15 is 0 Å². The van der Waals surface area contributed by atoms with E-state index in [-0.39, 0.29) is 5.91 Å². The van der Waals surface area contributed by atoms with Crippen LogP contribution in [0.5, 0.6) is 5.75 Å². The van der Waals surface area contributed by atoms with Crippen LogP contribution in [-0.4, -0.2) is 18.0 Å². The molecule has 1 aliphatic rings. The van der Waals surface area contributed by atoms with E-state index in [1.54, 1.807) is 24.3 Å². The quantitative estimate of drug-likeness (QED) is 0.746. The van der Waals surface area contributed by atoms with E-state index in [1.165, 1.54) is 0 Å². The number of amides is 1. The molecule has 1 aliphatic heterocycles. The molecule has 136 valence electrons. The summed E-state index contributed by atoms with van der Waals surface area (Å²) in [7, 11) is 1.64. The van der Waals surface area contributed by atoms with Gasteiger partial charge >= 0.3 is 0 Å². The van der Waals surface area contributed by atoms with E-state index in [0.717, 1.165) is 28.3 Å². The van der Waals surface area contributed by atoms with Crippen LogP contribution in [0.4, 0.5) is 11.4 Å². The monoisotopic (exact) mass is 359 g/mol. The molecule has 0 spiro atoms. The Labute approximate surface area is 158 Å². The molecule has 1 atom stereocenters. The third-order valence-corrected chi connectivity index (χ3v) is 4.76. The molecule has 0 unspecified atom stereocenters. The molecule has 0 fully saturated rings. The number of hydrogen-bond acceptors (Lipinski definition) is 4. The lowest BCUT2D eigenvalue weighted by atomic mass is 10.1. The molecule has 0 aliphatic carbocycles. The number of hydrogen-bond donors (Lipinski definition) is 1. The van der Waals surface area contributed by atoms with Gasteiger partial charge in [0.1, 0.15) is 5.75 Å². The van der Waals surface area contributed by atoms with Crippen molar-refractivity contribution in [2.45, 2.75) is 20.0 Å². The van der Waals surface area contributed by atoms with Gasteiger partial charge in [0.25, 0.3) is 5.91 Å². The Morgan fingerprint density at radius 3 is 2.52 bits per heavy atom. The van der Waals surface area contributed by atoms with Crippen LogP contribution in [0.2, 0.25) is 0 Å². The van der Waals surface area contributed by atoms with Crippen LogP contribution < -0.4 is 15.0 Å². The number of pyridine rings is 1. The molecule has 1 aromatic heterocycles. The predicted molar refractivity (Wildman–Crippen MR) is 106 cm³/mol. The number of benzene rings is 2. The Bertz CT molecular complexity index is 999. The van der Waals surface area contributed by atoms with Gasteiger partial charge in [-0.1, -0.05) is 23.8 Å². The van der Waals surface area contributed by atoms with Gasteiger partial charge < -0.3 is 10.1 Å². The Morgan fingerprint density at radius 1 is 1.04 bits per heavy atom. The molecule has 0 saturated heterocycles. The molecule has 27 heavy (non-hydrogen) atoms. The number of methoxy groups -OCH3 is 1. The molecule has 5 heteroatoms. The SMILES string of the molecule is COc1ccc(C)cc1N[C@H]1c2ncccc2C(=O)N1c1ccc(C)cc1. The zero-order chi connectivity index (χ0) is 19.0. The lowest BCUT2D eigenvalue weighted by Gasteiger charge is -2.27. The van der Waals surface area contributed by atoms with Gasteiger partial charge in [-0.25, -0.2) is 0 Å². The van der Waals surface area contributed by atoms with Crippen molar-refractivity contribution in [3.8, 4) is 5.75 Å². The second-order valence-corrected chi connectivity index (χ2v) is 6.70. The number of nitrogens with zero attached hydrogens (tertiary/aromatic N) is 2. The Hall–Kier alpha value is -3.34. The van der Waals surface area contributed by atoms with E-state index in [1.807, 2.05) is 62.4 Å². The second-order valence-electron chi connectivity index (χ2n) is 6.70. The molecule has 4 rings (SSSR count). The standard InChI is InChI=1S/C22H21N3O2/c1-14-6-9-16(10-7-14)25-21(20-17(22(25)26)5-4-12-23-20)24-18-13-15(2)8-11-19(18)27-3/h4-13,21,24H,1-3H3/t21-/m1/s1. The normalized spacial score (nSPS) is 15.6. The first-order chi connectivity index (χ1) is 13.1. The number of ether oxygens (including phenoxy) is 1. The number of rotatable bonds is 4. The average Bonchev–Trinajstić information content (AvgIpc) is 2.95. The second kappa shape index (κ2) is 6.76. The Balaban J connectivity index is 1.80. The minimum atomic E-state index is -0.410. The third-order valence-electron chi connectivity index (χ3n) is 4.76. The summed E-state index contributed by atoms with van der Waals surface area (Å²) in [5, 5.41) is 3.47. The van der Waals surface area contributed by atoms with E-state index in [2.05, 4.69) is 10.3 Å². The van der Waals surface area contributed by atoms with Gasteiger partial charge in [-0.05, 0) is 55.8 Å². The fourth-order valence-electron chi connectivity index (χ4n) is 3.37. The first-order valence-electron chi connectivity index (χ1n) is 8.85. The Kier molecular flexibility index (Phi) is 4.28. The van der Waals surface area contributed by atoms with Gasteiger partial charge in [-0.3, -0.25) is 14.7 Å². The van der Waals surface area contributed by atoms with Crippen molar-refractivity contribution in [1.82, 2.24) is 4.98 Å². The van der Waals surface area contributed by atoms with Gasteiger partial charge in [0, 0.05) is 11.9 Å². The summed E-state index contributed by atoms with van der Waals surface area (Å²) in [4.78, 5) is 19.4. The Morgan fingerprint density at radius 2 is 1.78 bits per heavy atom. The van der Waals surface area contributed by atoms with Crippen molar-refractivity contribution < 1.29 is 9.53 Å². The van der Waals surface area contributed by atoms with Crippen molar-refractivity contribution in [3.05, 3.63) is 83.2 Å². The highest BCUT2D eigenvalue weighted by Gasteiger charge is 2.39. The number of aryl methyl sites for hydroxylation is 2. The number of nitrogens with one attached hydrogen (secondary N) is 1. The molecule has 3 aromatic rings. The summed E-state index contributed by atoms with van der Waals surface area (Å²) in [5.41, 5.74) is 5.23. The molecule has 2 heterocycles. The zero-order valence-electron chi connectivity index (χ0n) is 15.6. The van der Waals surface area contributed by atoms with Crippen LogP contribution in [-0.2, 0) is 0 Å². The topological polar surface area (TPSA) is 54.5 Å². The molecule has 0 saturated carbocycles. The summed E-state index contributed by atoms with van der Waals surface area (Å²) in [6.07, 6.45) is 1.31. The highest BCUT2D eigenvalue weighted by atomic mass is 16.5. The van der Waals surface area contributed by atoms with Crippen molar-refractivity contribution in [2.24, 2.45) is 0 Å². The maximum Gasteiger partial charge on any atom is 0.262 e. The highest BCUT2D eigenvalue weighted by molar-refractivity contribution is 6.11. The summed E-state index contributed by atoms with van der Waals surface area (Å²) in [6, 6.07) is 17.5. The first-order valence-corrected chi connectivity index (χ1v) is 8.85. The molecule has 5 nitrogen and oxygen atoms in total. The van der Waals surface area contributed by atoms with Crippen LogP contribution in [0, 0.1) is 13.8 Å². The minimum absolute atomic E-state index is 0.0638. The lowest BCUT2D eigenvalue weighted by Crippen LogP contribution is -2.32. The van der Waals surface area contributed by atoms with Gasteiger partial charge in [0.2, 0.25) is 0 Å². The number of carbonyl (C=O) groups is 1. The fraction of sp³-hybridized carbons (Fsp3) is 0.182. The van der Waals surface area contributed by atoms with Crippen molar-refractivity contribution in [1.29, 1.82) is 0 Å². The highest BCUT2D eigenvalue weighted by Crippen LogP contribution is 2.38. The van der Waals surface area contributed by atoms with Crippen LogP contribution in [0.3, 0.4) is 0 Å². The predicted octanol–water partition coefficient (Wildman–Crippen LogP) is 4.48. The smallest absolute Gasteiger partial charge is 0.262 e. The van der Waals surface area contributed by atoms with Crippen LogP contribution in [0.15, 0.2) is 60.8 Å². The van der Waals surface area contributed by atoms with Crippen molar-refractivity contribution in [3.63, 3.8) is 0 Å². The first kappa shape index (κ1) is 17.1. The number of carbonyl (C=O) groups excluding carboxylic acids is 1. The third kappa shape index (κ3) is 3.01. The van der Waals surface area contributed by atoms with Gasteiger partial charge in [0.15, 0.2) is 6.17 Å². The van der Waals surface area contributed by atoms with Crippen LogP contribution in [0.1, 0.15) is 33.3 Å². The molecule has 0 bridgehead atoms. The summed E-state index contributed by atoms with van der Waals surface area (Å²) < 4.78 is 5.50. The molecular weight excluding hydrogens is 338 g/mol. The average molecular weight is 359 g/mol. The summed E-state index contributed by atoms with van der Waals surface area (Å²) in [6.45, 7) is 4.05. The summed E-state index contributed by atoms with van der Waals surface area (Å²) >= 11 is 0. The molecule has 1 amide bonds. The maximum absolute atomic E-state index is 13.1. The molecule has 1 N–H and O–H groups in total. The molecule has 2 aromatic carbocycles. The van der Waals surface area contributed by atoms with Crippen LogP contribution in [0.25, 0.3) is 0 Å². The molecular formula is C22H21N3O2. The van der Waals surface area contributed by atoms with E-state index in [4.69, 9.17) is 4.74 Å². The number of aromatic nitrogens is 1. The molecule has 0 radical (unpaired) electrons. The minimum Gasteiger partial charge on any atom is -0.495 e. The number of anilines is 2. The largest absolute Gasteiger partial charge is 0.495 e. The van der Waals surface area contributed by atoms with Gasteiger partial charge in [0.05, 0.1) is 24.1 Å². The van der Waals surface area contributed by atoms with Crippen LogP contribution >= 0.6 is 0 Å². The van der Waals surface area contributed by atoms with Crippen molar-refractivity contribution >= 4 is 17.3 Å². The number of fused-ring (bicyclic) bond motifs is 1. The van der Waals surface area contributed by atoms with Gasteiger partial charge in [-0.15, -0.1) is 0 Å².